The highest BCUT2D eigenvalue weighted by atomic mass is 32.2. The van der Waals surface area contributed by atoms with Crippen molar-refractivity contribution in [2.45, 2.75) is 13.1 Å². The Morgan fingerprint density at radius 3 is 2.43 bits per heavy atom. The van der Waals surface area contributed by atoms with Gasteiger partial charge in [-0.1, -0.05) is 11.1 Å². The van der Waals surface area contributed by atoms with Crippen LogP contribution in [0.1, 0.15) is 6.92 Å². The molecular weight excluding hydrogens is 119 g/mol. The van der Waals surface area contributed by atoms with E-state index >= 15 is 0 Å². The van der Waals surface area contributed by atoms with Gasteiger partial charge in [0.05, 0.1) is 0 Å². The van der Waals surface area contributed by atoms with Crippen LogP contribution in [0.5, 0.6) is 0 Å². The van der Waals surface area contributed by atoms with E-state index in [1.165, 1.54) is 6.92 Å². The highest BCUT2D eigenvalue weighted by Crippen LogP contribution is 1.87. The van der Waals surface area contributed by atoms with Gasteiger partial charge in [0, 0.05) is 5.75 Å². The van der Waals surface area contributed by atoms with Crippen molar-refractivity contribution >= 4 is 11.1 Å². The molecule has 44 valence electrons. The molecular formula is C3H6FO2S-. The smallest absolute Gasteiger partial charge is 0.108 e. The molecule has 0 spiro atoms. The van der Waals surface area contributed by atoms with Gasteiger partial charge in [0.1, 0.15) is 6.17 Å². The molecule has 0 saturated carbocycles. The Balaban J connectivity index is 3.13. The van der Waals surface area contributed by atoms with Crippen molar-refractivity contribution < 1.29 is 13.2 Å². The Labute approximate surface area is 44.0 Å². The van der Waals surface area contributed by atoms with Gasteiger partial charge in [-0.15, -0.1) is 0 Å². The summed E-state index contributed by atoms with van der Waals surface area (Å²) in [5.74, 6) is -0.389. The summed E-state index contributed by atoms with van der Waals surface area (Å²) in [6, 6.07) is 0. The van der Waals surface area contributed by atoms with Crippen LogP contribution in [0, 0.1) is 0 Å². The maximum Gasteiger partial charge on any atom is 0.108 e. The van der Waals surface area contributed by atoms with E-state index in [4.69, 9.17) is 0 Å². The number of hydrogen-bond acceptors (Lipinski definition) is 2. The standard InChI is InChI=1S/C3H7FO2S/c1-3(4)2-7(5)6/h3H,2H2,1H3,(H,5,6)/p-1. The van der Waals surface area contributed by atoms with E-state index in [2.05, 4.69) is 0 Å². The first-order valence-corrected chi connectivity index (χ1v) is 3.07. The molecule has 0 radical (unpaired) electrons. The highest BCUT2D eigenvalue weighted by Gasteiger charge is 1.93. The lowest BCUT2D eigenvalue weighted by Crippen LogP contribution is -2.05. The molecule has 0 aliphatic rings. The second-order valence-electron chi connectivity index (χ2n) is 1.25. The quantitative estimate of drug-likeness (QED) is 0.495. The lowest BCUT2D eigenvalue weighted by atomic mass is 10.5. The second-order valence-corrected chi connectivity index (χ2v) is 2.19. The van der Waals surface area contributed by atoms with Crippen LogP contribution in [-0.2, 0) is 11.1 Å². The molecule has 0 aromatic rings. The number of rotatable bonds is 2. The van der Waals surface area contributed by atoms with Gasteiger partial charge >= 0.3 is 0 Å². The van der Waals surface area contributed by atoms with Gasteiger partial charge in [-0.3, -0.25) is 4.21 Å². The zero-order valence-electron chi connectivity index (χ0n) is 3.89. The Kier molecular flexibility index (Phi) is 3.11. The molecule has 0 bridgehead atoms. The zero-order chi connectivity index (χ0) is 5.86. The Morgan fingerprint density at radius 1 is 2.00 bits per heavy atom. The van der Waals surface area contributed by atoms with Gasteiger partial charge < -0.3 is 4.55 Å². The Morgan fingerprint density at radius 2 is 2.43 bits per heavy atom. The molecule has 0 rings (SSSR count). The molecule has 2 atom stereocenters. The molecule has 0 fully saturated rings. The molecule has 2 nitrogen and oxygen atoms in total. The van der Waals surface area contributed by atoms with Gasteiger partial charge in [0.2, 0.25) is 0 Å². The summed E-state index contributed by atoms with van der Waals surface area (Å²) in [6.07, 6.45) is -1.24. The third kappa shape index (κ3) is 6.04. The molecule has 0 aliphatic heterocycles. The van der Waals surface area contributed by atoms with E-state index in [1.54, 1.807) is 0 Å². The van der Waals surface area contributed by atoms with Crippen molar-refractivity contribution in [1.82, 2.24) is 0 Å². The average Bonchev–Trinajstić information content (AvgIpc) is 1.27. The molecule has 4 heteroatoms. The van der Waals surface area contributed by atoms with Crippen LogP contribution in [0.3, 0.4) is 0 Å². The first kappa shape index (κ1) is 7.04. The summed E-state index contributed by atoms with van der Waals surface area (Å²) >= 11 is -2.22. The van der Waals surface area contributed by atoms with E-state index in [0.717, 1.165) is 0 Å². The van der Waals surface area contributed by atoms with Crippen molar-refractivity contribution in [1.29, 1.82) is 0 Å². The molecule has 0 saturated heterocycles. The first-order valence-electron chi connectivity index (χ1n) is 1.83. The lowest BCUT2D eigenvalue weighted by molar-refractivity contribution is 0.387. The summed E-state index contributed by atoms with van der Waals surface area (Å²) in [6.45, 7) is 1.20. The second kappa shape index (κ2) is 3.10. The molecule has 0 aromatic carbocycles. The fourth-order valence-electron chi connectivity index (χ4n) is 0.188. The zero-order valence-corrected chi connectivity index (χ0v) is 4.70. The minimum absolute atomic E-state index is 0.389. The molecule has 0 heterocycles. The van der Waals surface area contributed by atoms with Crippen LogP contribution >= 0.6 is 0 Å². The maximum absolute atomic E-state index is 11.6. The van der Waals surface area contributed by atoms with Crippen LogP contribution in [0.4, 0.5) is 4.39 Å². The van der Waals surface area contributed by atoms with Gasteiger partial charge in [-0.25, -0.2) is 4.39 Å². The molecule has 0 amide bonds. The van der Waals surface area contributed by atoms with Crippen LogP contribution in [0.15, 0.2) is 0 Å². The third-order valence-corrected chi connectivity index (χ3v) is 1.10. The fourth-order valence-corrected chi connectivity index (χ4v) is 0.563. The minimum Gasteiger partial charge on any atom is -0.772 e. The van der Waals surface area contributed by atoms with Crippen molar-refractivity contribution in [3.8, 4) is 0 Å². The monoisotopic (exact) mass is 125 g/mol. The van der Waals surface area contributed by atoms with Crippen LogP contribution in [0.2, 0.25) is 0 Å². The summed E-state index contributed by atoms with van der Waals surface area (Å²) in [5.41, 5.74) is 0. The average molecular weight is 125 g/mol. The predicted molar refractivity (Wildman–Crippen MR) is 24.4 cm³/mol. The fraction of sp³-hybridized carbons (Fsp3) is 1.00. The number of halogens is 1. The topological polar surface area (TPSA) is 40.1 Å². The molecule has 0 N–H and O–H groups in total. The minimum atomic E-state index is -2.22. The van der Waals surface area contributed by atoms with E-state index < -0.39 is 17.3 Å². The molecule has 2 unspecified atom stereocenters. The largest absolute Gasteiger partial charge is 0.772 e. The van der Waals surface area contributed by atoms with Gasteiger partial charge in [-0.05, 0) is 6.92 Å². The lowest BCUT2D eigenvalue weighted by Gasteiger charge is -2.02. The summed E-state index contributed by atoms with van der Waals surface area (Å²) in [5, 5.41) is 0. The third-order valence-electron chi connectivity index (χ3n) is 0.366. The summed E-state index contributed by atoms with van der Waals surface area (Å²) in [4.78, 5) is 0. The highest BCUT2D eigenvalue weighted by molar-refractivity contribution is 7.79. The van der Waals surface area contributed by atoms with E-state index in [0.29, 0.717) is 0 Å². The number of alkyl halides is 1. The van der Waals surface area contributed by atoms with E-state index in [1.807, 2.05) is 0 Å². The van der Waals surface area contributed by atoms with Crippen LogP contribution in [0.25, 0.3) is 0 Å². The normalized spacial score (nSPS) is 18.7. The molecule has 0 aliphatic carbocycles. The van der Waals surface area contributed by atoms with Gasteiger partial charge in [0.15, 0.2) is 0 Å². The maximum atomic E-state index is 11.6. The van der Waals surface area contributed by atoms with Crippen LogP contribution in [-0.4, -0.2) is 20.7 Å². The van der Waals surface area contributed by atoms with Crippen LogP contribution < -0.4 is 0 Å². The first-order chi connectivity index (χ1) is 3.13. The van der Waals surface area contributed by atoms with Gasteiger partial charge in [0.25, 0.3) is 0 Å². The van der Waals surface area contributed by atoms with Crippen molar-refractivity contribution in [3.05, 3.63) is 0 Å². The summed E-state index contributed by atoms with van der Waals surface area (Å²) < 4.78 is 30.7. The molecule has 7 heavy (non-hydrogen) atoms. The Bertz CT molecular complexity index is 73.3. The summed E-state index contributed by atoms with van der Waals surface area (Å²) in [7, 11) is 0. The van der Waals surface area contributed by atoms with E-state index in [9.17, 15) is 13.2 Å². The number of hydrogen-bond donors (Lipinski definition) is 0. The Hall–Kier alpha value is 0.0400. The molecule has 0 aromatic heterocycles. The predicted octanol–water partition coefficient (Wildman–Crippen LogP) is 0.224. The van der Waals surface area contributed by atoms with Crippen molar-refractivity contribution in [2.75, 3.05) is 5.75 Å². The SMILES string of the molecule is CC(F)CS(=O)[O-]. The van der Waals surface area contributed by atoms with Gasteiger partial charge in [-0.2, -0.15) is 0 Å². The van der Waals surface area contributed by atoms with Crippen molar-refractivity contribution in [3.63, 3.8) is 0 Å². The van der Waals surface area contributed by atoms with Crippen molar-refractivity contribution in [2.24, 2.45) is 0 Å². The van der Waals surface area contributed by atoms with E-state index in [-0.39, 0.29) is 5.75 Å².